The van der Waals surface area contributed by atoms with Crippen molar-refractivity contribution >= 4 is 23.4 Å². The molecule has 0 aliphatic heterocycles. The third-order valence-electron chi connectivity index (χ3n) is 3.72. The maximum atomic E-state index is 5.92. The number of thioether (sulfide) groups is 1. The number of hydrogen-bond acceptors (Lipinski definition) is 2. The van der Waals surface area contributed by atoms with E-state index >= 15 is 0 Å². The summed E-state index contributed by atoms with van der Waals surface area (Å²) in [6.07, 6.45) is 2.68. The Morgan fingerprint density at radius 2 is 1.81 bits per heavy atom. The summed E-state index contributed by atoms with van der Waals surface area (Å²) in [5, 5.41) is 4.36. The smallest absolute Gasteiger partial charge is 0.0406 e. The summed E-state index contributed by atoms with van der Waals surface area (Å²) in [5.41, 5.74) is 4.06. The molecule has 1 nitrogen and oxygen atoms in total. The Labute approximate surface area is 136 Å². The molecule has 1 fully saturated rings. The maximum Gasteiger partial charge on any atom is 0.0406 e. The van der Waals surface area contributed by atoms with Gasteiger partial charge in [0.15, 0.2) is 0 Å². The number of aryl methyl sites for hydroxylation is 1. The first-order valence-corrected chi connectivity index (χ1v) is 8.77. The molecular weight excluding hydrogens is 298 g/mol. The summed E-state index contributed by atoms with van der Waals surface area (Å²) >= 11 is 7.80. The lowest BCUT2D eigenvalue weighted by Gasteiger charge is -2.09. The van der Waals surface area contributed by atoms with Gasteiger partial charge in [-0.1, -0.05) is 35.9 Å². The summed E-state index contributed by atoms with van der Waals surface area (Å²) in [5.74, 6) is 0.984. The minimum absolute atomic E-state index is 0.768. The topological polar surface area (TPSA) is 12.0 Å². The molecule has 0 heterocycles. The number of benzene rings is 2. The van der Waals surface area contributed by atoms with Crippen LogP contribution in [0.15, 0.2) is 47.4 Å². The summed E-state index contributed by atoms with van der Waals surface area (Å²) in [6, 6.07) is 15.7. The molecule has 1 aliphatic rings. The molecule has 1 aliphatic carbocycles. The van der Waals surface area contributed by atoms with Crippen molar-refractivity contribution in [2.45, 2.75) is 43.0 Å². The van der Waals surface area contributed by atoms with E-state index in [9.17, 15) is 0 Å². The second-order valence-electron chi connectivity index (χ2n) is 5.67. The van der Waals surface area contributed by atoms with Crippen LogP contribution in [0.4, 0.5) is 0 Å². The minimum atomic E-state index is 0.768. The van der Waals surface area contributed by atoms with Crippen LogP contribution in [-0.4, -0.2) is 6.04 Å². The molecule has 0 saturated heterocycles. The van der Waals surface area contributed by atoms with E-state index in [2.05, 4.69) is 42.6 Å². The van der Waals surface area contributed by atoms with Crippen LogP contribution in [0.3, 0.4) is 0 Å². The standard InChI is InChI=1S/C18H20ClNS/c1-13-10-15(11-20-17-7-8-17)4-9-18(13)21-12-14-2-5-16(19)6-3-14/h2-6,9-10,17,20H,7-8,11-12H2,1H3. The Balaban J connectivity index is 1.58. The number of rotatable bonds is 6. The Morgan fingerprint density at radius 1 is 1.10 bits per heavy atom. The molecule has 0 spiro atoms. The van der Waals surface area contributed by atoms with Gasteiger partial charge in [0, 0.05) is 28.3 Å². The van der Waals surface area contributed by atoms with Crippen LogP contribution in [0.2, 0.25) is 5.02 Å². The van der Waals surface area contributed by atoms with E-state index < -0.39 is 0 Å². The SMILES string of the molecule is Cc1cc(CNC2CC2)ccc1SCc1ccc(Cl)cc1. The Hall–Kier alpha value is -0.960. The van der Waals surface area contributed by atoms with Crippen LogP contribution in [0.1, 0.15) is 29.5 Å². The van der Waals surface area contributed by atoms with E-state index in [1.54, 1.807) is 0 Å². The van der Waals surface area contributed by atoms with Crippen LogP contribution < -0.4 is 5.32 Å². The van der Waals surface area contributed by atoms with Crippen molar-refractivity contribution in [3.63, 3.8) is 0 Å². The van der Waals surface area contributed by atoms with Crippen LogP contribution in [0.25, 0.3) is 0 Å². The van der Waals surface area contributed by atoms with Gasteiger partial charge in [-0.3, -0.25) is 0 Å². The second-order valence-corrected chi connectivity index (χ2v) is 7.12. The molecule has 0 bridgehead atoms. The average molecular weight is 318 g/mol. The van der Waals surface area contributed by atoms with Gasteiger partial charge in [-0.05, 0) is 54.7 Å². The van der Waals surface area contributed by atoms with E-state index in [1.807, 2.05) is 23.9 Å². The Bertz CT molecular complexity index is 605. The monoisotopic (exact) mass is 317 g/mol. The molecule has 0 aromatic heterocycles. The molecule has 0 amide bonds. The molecule has 0 unspecified atom stereocenters. The van der Waals surface area contributed by atoms with Gasteiger partial charge in [0.1, 0.15) is 0 Å². The summed E-state index contributed by atoms with van der Waals surface area (Å²) in [7, 11) is 0. The highest BCUT2D eigenvalue weighted by Crippen LogP contribution is 2.27. The number of nitrogens with one attached hydrogen (secondary N) is 1. The van der Waals surface area contributed by atoms with Gasteiger partial charge in [-0.25, -0.2) is 0 Å². The van der Waals surface area contributed by atoms with Crippen molar-refractivity contribution in [2.75, 3.05) is 0 Å². The van der Waals surface area contributed by atoms with Crippen molar-refractivity contribution in [1.82, 2.24) is 5.32 Å². The number of hydrogen-bond donors (Lipinski definition) is 1. The zero-order chi connectivity index (χ0) is 14.7. The van der Waals surface area contributed by atoms with Gasteiger partial charge < -0.3 is 5.32 Å². The Morgan fingerprint density at radius 3 is 2.48 bits per heavy atom. The summed E-state index contributed by atoms with van der Waals surface area (Å²) in [4.78, 5) is 1.36. The first-order chi connectivity index (χ1) is 10.2. The molecule has 0 radical (unpaired) electrons. The lowest BCUT2D eigenvalue weighted by molar-refractivity contribution is 0.687. The Kier molecular flexibility index (Phi) is 4.89. The van der Waals surface area contributed by atoms with Gasteiger partial charge in [-0.2, -0.15) is 0 Å². The molecule has 2 aromatic rings. The zero-order valence-corrected chi connectivity index (χ0v) is 13.8. The fourth-order valence-electron chi connectivity index (χ4n) is 2.27. The average Bonchev–Trinajstić information content (AvgIpc) is 3.30. The predicted molar refractivity (Wildman–Crippen MR) is 92.1 cm³/mol. The third kappa shape index (κ3) is 4.50. The minimum Gasteiger partial charge on any atom is -0.310 e. The molecule has 1 saturated carbocycles. The van der Waals surface area contributed by atoms with Crippen molar-refractivity contribution in [3.8, 4) is 0 Å². The van der Waals surface area contributed by atoms with Crippen molar-refractivity contribution < 1.29 is 0 Å². The van der Waals surface area contributed by atoms with Gasteiger partial charge in [-0.15, -0.1) is 11.8 Å². The molecule has 110 valence electrons. The highest BCUT2D eigenvalue weighted by atomic mass is 35.5. The molecule has 0 atom stereocenters. The summed E-state index contributed by atoms with van der Waals surface area (Å²) < 4.78 is 0. The maximum absolute atomic E-state index is 5.92. The van der Waals surface area contributed by atoms with E-state index in [1.165, 1.54) is 34.4 Å². The van der Waals surface area contributed by atoms with Crippen molar-refractivity contribution in [3.05, 3.63) is 64.2 Å². The van der Waals surface area contributed by atoms with Crippen LogP contribution in [0, 0.1) is 6.92 Å². The molecular formula is C18H20ClNS. The molecule has 1 N–H and O–H groups in total. The molecule has 2 aromatic carbocycles. The molecule has 3 heteroatoms. The van der Waals surface area contributed by atoms with E-state index in [-0.39, 0.29) is 0 Å². The predicted octanol–water partition coefficient (Wildman–Crippen LogP) is 5.19. The van der Waals surface area contributed by atoms with Crippen LogP contribution >= 0.6 is 23.4 Å². The van der Waals surface area contributed by atoms with Gasteiger partial charge in [0.2, 0.25) is 0 Å². The normalized spacial score (nSPS) is 14.4. The van der Waals surface area contributed by atoms with E-state index in [0.717, 1.165) is 23.4 Å². The van der Waals surface area contributed by atoms with Gasteiger partial charge in [0.25, 0.3) is 0 Å². The quantitative estimate of drug-likeness (QED) is 0.736. The van der Waals surface area contributed by atoms with Gasteiger partial charge >= 0.3 is 0 Å². The van der Waals surface area contributed by atoms with Crippen LogP contribution in [0.5, 0.6) is 0 Å². The highest BCUT2D eigenvalue weighted by Gasteiger charge is 2.19. The fourth-order valence-corrected chi connectivity index (χ4v) is 3.37. The van der Waals surface area contributed by atoms with E-state index in [0.29, 0.717) is 0 Å². The van der Waals surface area contributed by atoms with Crippen molar-refractivity contribution in [1.29, 1.82) is 0 Å². The number of halogens is 1. The van der Waals surface area contributed by atoms with Crippen molar-refractivity contribution in [2.24, 2.45) is 0 Å². The van der Waals surface area contributed by atoms with E-state index in [4.69, 9.17) is 11.6 Å². The lowest BCUT2D eigenvalue weighted by atomic mass is 10.1. The first-order valence-electron chi connectivity index (χ1n) is 7.41. The molecule has 21 heavy (non-hydrogen) atoms. The van der Waals surface area contributed by atoms with Gasteiger partial charge in [0.05, 0.1) is 0 Å². The summed E-state index contributed by atoms with van der Waals surface area (Å²) in [6.45, 7) is 3.19. The first kappa shape index (κ1) is 15.0. The third-order valence-corrected chi connectivity index (χ3v) is 5.22. The lowest BCUT2D eigenvalue weighted by Crippen LogP contribution is -2.15. The second kappa shape index (κ2) is 6.87. The fraction of sp³-hybridized carbons (Fsp3) is 0.333. The highest BCUT2D eigenvalue weighted by molar-refractivity contribution is 7.98. The van der Waals surface area contributed by atoms with Crippen LogP contribution in [-0.2, 0) is 12.3 Å². The molecule has 3 rings (SSSR count). The zero-order valence-electron chi connectivity index (χ0n) is 12.2. The largest absolute Gasteiger partial charge is 0.310 e.